The van der Waals surface area contributed by atoms with E-state index < -0.39 is 0 Å². The molecule has 0 aliphatic heterocycles. The maximum Gasteiger partial charge on any atom is 0.0243 e. The molecule has 1 saturated carbocycles. The van der Waals surface area contributed by atoms with Gasteiger partial charge in [-0.05, 0) is 32.5 Å². The Bertz CT molecular complexity index is 344. The first kappa shape index (κ1) is 19.7. The average Bonchev–Trinajstić information content (AvgIpc) is 2.63. The lowest BCUT2D eigenvalue weighted by atomic mass is 10.0. The Hall–Kier alpha value is -0.280. The molecular formula is C16H28Cl2N2. The molecule has 0 heterocycles. The summed E-state index contributed by atoms with van der Waals surface area (Å²) in [7, 11) is 4.43. The van der Waals surface area contributed by atoms with Gasteiger partial charge in [0, 0.05) is 18.6 Å². The SMILES string of the molecule is CN(C)C1CCCCCC1NCc1ccccc1.Cl.Cl. The van der Waals surface area contributed by atoms with E-state index in [2.05, 4.69) is 54.6 Å². The van der Waals surface area contributed by atoms with E-state index in [1.54, 1.807) is 0 Å². The van der Waals surface area contributed by atoms with Crippen LogP contribution in [-0.2, 0) is 6.54 Å². The minimum Gasteiger partial charge on any atom is -0.308 e. The molecule has 116 valence electrons. The van der Waals surface area contributed by atoms with Crippen LogP contribution in [0.15, 0.2) is 30.3 Å². The van der Waals surface area contributed by atoms with Crippen molar-refractivity contribution in [2.45, 2.75) is 50.7 Å². The van der Waals surface area contributed by atoms with E-state index >= 15 is 0 Å². The number of nitrogens with one attached hydrogen (secondary N) is 1. The summed E-state index contributed by atoms with van der Waals surface area (Å²) in [6, 6.07) is 12.1. The van der Waals surface area contributed by atoms with Gasteiger partial charge in [0.05, 0.1) is 0 Å². The molecule has 0 aromatic heterocycles. The molecule has 1 aromatic carbocycles. The Morgan fingerprint density at radius 2 is 1.65 bits per heavy atom. The molecule has 0 bridgehead atoms. The summed E-state index contributed by atoms with van der Waals surface area (Å²) in [5, 5.41) is 3.77. The molecular weight excluding hydrogens is 291 g/mol. The molecule has 2 nitrogen and oxygen atoms in total. The highest BCUT2D eigenvalue weighted by molar-refractivity contribution is 5.85. The van der Waals surface area contributed by atoms with Gasteiger partial charge in [0.2, 0.25) is 0 Å². The molecule has 20 heavy (non-hydrogen) atoms. The molecule has 1 aromatic rings. The molecule has 2 rings (SSSR count). The number of benzene rings is 1. The van der Waals surface area contributed by atoms with Crippen molar-refractivity contribution in [3.8, 4) is 0 Å². The predicted octanol–water partition coefficient (Wildman–Crippen LogP) is 3.88. The van der Waals surface area contributed by atoms with E-state index in [9.17, 15) is 0 Å². The molecule has 1 N–H and O–H groups in total. The van der Waals surface area contributed by atoms with Crippen molar-refractivity contribution < 1.29 is 0 Å². The highest BCUT2D eigenvalue weighted by atomic mass is 35.5. The Morgan fingerprint density at radius 1 is 1.00 bits per heavy atom. The normalized spacial score (nSPS) is 22.6. The molecule has 1 aliphatic rings. The minimum absolute atomic E-state index is 0. The number of halogens is 2. The fraction of sp³-hybridized carbons (Fsp3) is 0.625. The van der Waals surface area contributed by atoms with E-state index in [1.165, 1.54) is 37.7 Å². The van der Waals surface area contributed by atoms with Gasteiger partial charge in [0.15, 0.2) is 0 Å². The maximum atomic E-state index is 3.77. The van der Waals surface area contributed by atoms with E-state index in [0.29, 0.717) is 12.1 Å². The lowest BCUT2D eigenvalue weighted by Crippen LogP contribution is -2.46. The van der Waals surface area contributed by atoms with Crippen molar-refractivity contribution in [1.29, 1.82) is 0 Å². The summed E-state index contributed by atoms with van der Waals surface area (Å²) >= 11 is 0. The van der Waals surface area contributed by atoms with Gasteiger partial charge in [-0.2, -0.15) is 0 Å². The smallest absolute Gasteiger partial charge is 0.0243 e. The zero-order chi connectivity index (χ0) is 12.8. The van der Waals surface area contributed by atoms with Crippen molar-refractivity contribution in [1.82, 2.24) is 10.2 Å². The summed E-state index contributed by atoms with van der Waals surface area (Å²) in [6.45, 7) is 0.996. The Morgan fingerprint density at radius 3 is 2.30 bits per heavy atom. The third-order valence-electron chi connectivity index (χ3n) is 4.05. The summed E-state index contributed by atoms with van der Waals surface area (Å²) in [6.07, 6.45) is 6.80. The van der Waals surface area contributed by atoms with Gasteiger partial charge in [0.1, 0.15) is 0 Å². The van der Waals surface area contributed by atoms with Crippen LogP contribution in [0.4, 0.5) is 0 Å². The van der Waals surface area contributed by atoms with E-state index in [1.807, 2.05) is 0 Å². The molecule has 0 radical (unpaired) electrons. The second kappa shape index (κ2) is 10.4. The van der Waals surface area contributed by atoms with E-state index in [4.69, 9.17) is 0 Å². The van der Waals surface area contributed by atoms with Crippen LogP contribution in [0.2, 0.25) is 0 Å². The van der Waals surface area contributed by atoms with Crippen LogP contribution >= 0.6 is 24.8 Å². The third-order valence-corrected chi connectivity index (χ3v) is 4.05. The van der Waals surface area contributed by atoms with Crippen LogP contribution in [0.1, 0.15) is 37.7 Å². The van der Waals surface area contributed by atoms with Crippen molar-refractivity contribution in [2.75, 3.05) is 14.1 Å². The standard InChI is InChI=1S/C16H26N2.2ClH/c1-18(2)16-12-8-4-7-11-15(16)17-13-14-9-5-3-6-10-14;;/h3,5-6,9-10,15-17H,4,7-8,11-13H2,1-2H3;2*1H. The first-order chi connectivity index (χ1) is 8.77. The van der Waals surface area contributed by atoms with Gasteiger partial charge in [-0.1, -0.05) is 49.6 Å². The average molecular weight is 319 g/mol. The van der Waals surface area contributed by atoms with Crippen LogP contribution < -0.4 is 5.32 Å². The Labute approximate surface area is 136 Å². The summed E-state index contributed by atoms with van der Waals surface area (Å²) < 4.78 is 0. The topological polar surface area (TPSA) is 15.3 Å². The largest absolute Gasteiger partial charge is 0.308 e. The zero-order valence-corrected chi connectivity index (χ0v) is 14.2. The molecule has 0 amide bonds. The highest BCUT2D eigenvalue weighted by Crippen LogP contribution is 2.21. The maximum absolute atomic E-state index is 3.77. The first-order valence-electron chi connectivity index (χ1n) is 7.21. The lowest BCUT2D eigenvalue weighted by Gasteiger charge is -2.31. The van der Waals surface area contributed by atoms with Gasteiger partial charge in [-0.15, -0.1) is 24.8 Å². The second-order valence-electron chi connectivity index (χ2n) is 5.64. The van der Waals surface area contributed by atoms with Gasteiger partial charge >= 0.3 is 0 Å². The molecule has 1 aliphatic carbocycles. The quantitative estimate of drug-likeness (QED) is 0.847. The minimum atomic E-state index is 0. The Kier molecular flexibility index (Phi) is 10.3. The number of likely N-dealkylation sites (N-methyl/N-ethyl adjacent to an activating group) is 1. The lowest BCUT2D eigenvalue weighted by molar-refractivity contribution is 0.215. The van der Waals surface area contributed by atoms with Gasteiger partial charge in [-0.3, -0.25) is 0 Å². The van der Waals surface area contributed by atoms with Gasteiger partial charge in [0.25, 0.3) is 0 Å². The van der Waals surface area contributed by atoms with E-state index in [-0.39, 0.29) is 24.8 Å². The predicted molar refractivity (Wildman–Crippen MR) is 92.1 cm³/mol. The monoisotopic (exact) mass is 318 g/mol. The van der Waals surface area contributed by atoms with Crippen molar-refractivity contribution in [3.05, 3.63) is 35.9 Å². The Balaban J connectivity index is 0.00000180. The fourth-order valence-electron chi connectivity index (χ4n) is 2.99. The number of nitrogens with zero attached hydrogens (tertiary/aromatic N) is 1. The van der Waals surface area contributed by atoms with Gasteiger partial charge in [-0.25, -0.2) is 0 Å². The molecule has 2 unspecified atom stereocenters. The third kappa shape index (κ3) is 6.01. The summed E-state index contributed by atoms with van der Waals surface area (Å²) in [4.78, 5) is 2.40. The van der Waals surface area contributed by atoms with Gasteiger partial charge < -0.3 is 10.2 Å². The van der Waals surface area contributed by atoms with Crippen molar-refractivity contribution in [2.24, 2.45) is 0 Å². The number of rotatable bonds is 4. The second-order valence-corrected chi connectivity index (χ2v) is 5.64. The van der Waals surface area contributed by atoms with Crippen LogP contribution in [-0.4, -0.2) is 31.1 Å². The zero-order valence-electron chi connectivity index (χ0n) is 12.5. The summed E-state index contributed by atoms with van der Waals surface area (Å²) in [5.74, 6) is 0. The first-order valence-corrected chi connectivity index (χ1v) is 7.21. The molecule has 0 spiro atoms. The molecule has 0 saturated heterocycles. The van der Waals surface area contributed by atoms with Crippen LogP contribution in [0.5, 0.6) is 0 Å². The number of hydrogen-bond donors (Lipinski definition) is 1. The van der Waals surface area contributed by atoms with Crippen LogP contribution in [0.25, 0.3) is 0 Å². The fourth-order valence-corrected chi connectivity index (χ4v) is 2.99. The number of hydrogen-bond acceptors (Lipinski definition) is 2. The highest BCUT2D eigenvalue weighted by Gasteiger charge is 2.24. The van der Waals surface area contributed by atoms with E-state index in [0.717, 1.165) is 6.54 Å². The molecule has 4 heteroatoms. The molecule has 1 fully saturated rings. The molecule has 2 atom stereocenters. The van der Waals surface area contributed by atoms with Crippen molar-refractivity contribution in [3.63, 3.8) is 0 Å². The van der Waals surface area contributed by atoms with Crippen LogP contribution in [0.3, 0.4) is 0 Å². The summed E-state index contributed by atoms with van der Waals surface area (Å²) in [5.41, 5.74) is 1.39. The van der Waals surface area contributed by atoms with Crippen LogP contribution in [0, 0.1) is 0 Å². The van der Waals surface area contributed by atoms with Crippen molar-refractivity contribution >= 4 is 24.8 Å².